The average molecular weight is 293 g/mol. The molecule has 0 saturated carbocycles. The van der Waals surface area contributed by atoms with Crippen LogP contribution in [-0.2, 0) is 0 Å². The lowest BCUT2D eigenvalue weighted by Crippen LogP contribution is -2.20. The van der Waals surface area contributed by atoms with Gasteiger partial charge in [0.2, 0.25) is 5.95 Å². The number of nitrogens with one attached hydrogen (secondary N) is 2. The van der Waals surface area contributed by atoms with E-state index in [4.69, 9.17) is 9.97 Å². The molecule has 5 nitrogen and oxygen atoms in total. The van der Waals surface area contributed by atoms with Crippen molar-refractivity contribution in [2.45, 2.75) is 19.8 Å². The van der Waals surface area contributed by atoms with Gasteiger partial charge in [0.05, 0.1) is 5.39 Å². The van der Waals surface area contributed by atoms with Gasteiger partial charge in [-0.2, -0.15) is 9.97 Å². The Balaban J connectivity index is 1.80. The lowest BCUT2D eigenvalue weighted by atomic mass is 10.3. The molecule has 3 aromatic rings. The lowest BCUT2D eigenvalue weighted by Gasteiger charge is -2.16. The molecular formula is C17H19N5. The zero-order valence-electron chi connectivity index (χ0n) is 12.6. The average Bonchev–Trinajstić information content (AvgIpc) is 3.16. The van der Waals surface area contributed by atoms with Crippen molar-refractivity contribution in [1.29, 1.82) is 0 Å². The van der Waals surface area contributed by atoms with E-state index in [1.807, 2.05) is 37.3 Å². The van der Waals surface area contributed by atoms with Crippen LogP contribution in [-0.4, -0.2) is 28.0 Å². The van der Waals surface area contributed by atoms with Gasteiger partial charge in [-0.3, -0.25) is 0 Å². The van der Waals surface area contributed by atoms with E-state index >= 15 is 0 Å². The quantitative estimate of drug-likeness (QED) is 0.774. The predicted octanol–water partition coefficient (Wildman–Crippen LogP) is 3.61. The summed E-state index contributed by atoms with van der Waals surface area (Å²) in [5.74, 6) is 1.67. The number of nitrogens with zero attached hydrogens (tertiary/aromatic N) is 3. The Morgan fingerprint density at radius 1 is 1.09 bits per heavy atom. The van der Waals surface area contributed by atoms with Gasteiger partial charge in [0.25, 0.3) is 0 Å². The fourth-order valence-corrected chi connectivity index (χ4v) is 2.94. The number of rotatable bonds is 3. The second kappa shape index (κ2) is 5.33. The van der Waals surface area contributed by atoms with Crippen LogP contribution >= 0.6 is 0 Å². The number of fused-ring (bicyclic) bond motifs is 1. The van der Waals surface area contributed by atoms with Crippen molar-refractivity contribution >= 4 is 28.5 Å². The molecule has 5 heteroatoms. The van der Waals surface area contributed by atoms with Crippen molar-refractivity contribution in [3.63, 3.8) is 0 Å². The molecule has 22 heavy (non-hydrogen) atoms. The van der Waals surface area contributed by atoms with E-state index in [1.165, 1.54) is 12.8 Å². The number of anilines is 3. The normalized spacial score (nSPS) is 14.7. The Bertz CT molecular complexity index is 787. The Hall–Kier alpha value is -2.56. The van der Waals surface area contributed by atoms with E-state index in [9.17, 15) is 0 Å². The van der Waals surface area contributed by atoms with Gasteiger partial charge in [-0.1, -0.05) is 18.2 Å². The number of aromatic amines is 1. The van der Waals surface area contributed by atoms with Gasteiger partial charge >= 0.3 is 0 Å². The van der Waals surface area contributed by atoms with Crippen LogP contribution in [0.2, 0.25) is 0 Å². The molecule has 2 aromatic heterocycles. The third-order valence-corrected chi connectivity index (χ3v) is 4.04. The highest BCUT2D eigenvalue weighted by Crippen LogP contribution is 2.28. The van der Waals surface area contributed by atoms with Crippen molar-refractivity contribution in [1.82, 2.24) is 15.0 Å². The molecular weight excluding hydrogens is 274 g/mol. The monoisotopic (exact) mass is 293 g/mol. The summed E-state index contributed by atoms with van der Waals surface area (Å²) in [4.78, 5) is 15.1. The molecule has 0 atom stereocenters. The van der Waals surface area contributed by atoms with Crippen LogP contribution in [0.4, 0.5) is 17.5 Å². The molecule has 1 aromatic carbocycles. The molecule has 0 spiro atoms. The molecule has 3 heterocycles. The van der Waals surface area contributed by atoms with Gasteiger partial charge in [-0.05, 0) is 38.0 Å². The van der Waals surface area contributed by atoms with Gasteiger partial charge < -0.3 is 15.2 Å². The maximum absolute atomic E-state index is 4.78. The van der Waals surface area contributed by atoms with E-state index in [-0.39, 0.29) is 0 Å². The molecule has 2 N–H and O–H groups in total. The largest absolute Gasteiger partial charge is 0.343 e. The van der Waals surface area contributed by atoms with E-state index in [1.54, 1.807) is 0 Å². The molecule has 4 rings (SSSR count). The van der Waals surface area contributed by atoms with Crippen molar-refractivity contribution in [2.75, 3.05) is 23.3 Å². The molecule has 1 saturated heterocycles. The second-order valence-corrected chi connectivity index (χ2v) is 5.77. The first-order valence-electron chi connectivity index (χ1n) is 7.74. The molecule has 1 fully saturated rings. The first-order valence-corrected chi connectivity index (χ1v) is 7.74. The van der Waals surface area contributed by atoms with Crippen molar-refractivity contribution in [3.8, 4) is 0 Å². The van der Waals surface area contributed by atoms with Crippen LogP contribution in [0.5, 0.6) is 0 Å². The minimum Gasteiger partial charge on any atom is -0.343 e. The molecule has 0 unspecified atom stereocenters. The number of aryl methyl sites for hydroxylation is 1. The third-order valence-electron chi connectivity index (χ3n) is 4.04. The zero-order valence-corrected chi connectivity index (χ0v) is 12.6. The topological polar surface area (TPSA) is 56.8 Å². The number of benzene rings is 1. The number of hydrogen-bond acceptors (Lipinski definition) is 4. The van der Waals surface area contributed by atoms with E-state index in [2.05, 4.69) is 21.3 Å². The molecule has 112 valence electrons. The summed E-state index contributed by atoms with van der Waals surface area (Å²) in [6.07, 6.45) is 2.43. The van der Waals surface area contributed by atoms with Gasteiger partial charge in [0.15, 0.2) is 0 Å². The number of aromatic nitrogens is 3. The minimum absolute atomic E-state index is 0.810. The first kappa shape index (κ1) is 13.1. The maximum Gasteiger partial charge on any atom is 0.229 e. The van der Waals surface area contributed by atoms with Gasteiger partial charge in [0.1, 0.15) is 11.5 Å². The summed E-state index contributed by atoms with van der Waals surface area (Å²) in [5, 5.41) is 4.46. The second-order valence-electron chi connectivity index (χ2n) is 5.77. The smallest absolute Gasteiger partial charge is 0.229 e. The van der Waals surface area contributed by atoms with Crippen molar-refractivity contribution in [2.24, 2.45) is 0 Å². The van der Waals surface area contributed by atoms with Crippen LogP contribution < -0.4 is 10.2 Å². The van der Waals surface area contributed by atoms with Crippen LogP contribution in [0.15, 0.2) is 36.4 Å². The highest BCUT2D eigenvalue weighted by molar-refractivity contribution is 5.90. The molecule has 0 bridgehead atoms. The van der Waals surface area contributed by atoms with Crippen molar-refractivity contribution < 1.29 is 0 Å². The molecule has 0 radical (unpaired) electrons. The summed E-state index contributed by atoms with van der Waals surface area (Å²) >= 11 is 0. The standard InChI is InChI=1S/C17H19N5/c1-12-11-14-15(18-12)20-17(22-9-5-6-10-22)21-16(14)19-13-7-3-2-4-8-13/h2-4,7-8,11H,5-6,9-10H2,1H3,(H2,18,19,20,21). The van der Waals surface area contributed by atoms with Crippen molar-refractivity contribution in [3.05, 3.63) is 42.1 Å². The third kappa shape index (κ3) is 2.39. The Kier molecular flexibility index (Phi) is 3.18. The highest BCUT2D eigenvalue weighted by atomic mass is 15.3. The van der Waals surface area contributed by atoms with Gasteiger partial charge in [-0.15, -0.1) is 0 Å². The summed E-state index contributed by atoms with van der Waals surface area (Å²) < 4.78 is 0. The fourth-order valence-electron chi connectivity index (χ4n) is 2.94. The summed E-state index contributed by atoms with van der Waals surface area (Å²) in [7, 11) is 0. The maximum atomic E-state index is 4.78. The number of hydrogen-bond donors (Lipinski definition) is 2. The van der Waals surface area contributed by atoms with Crippen LogP contribution in [0, 0.1) is 6.92 Å². The molecule has 0 aliphatic carbocycles. The SMILES string of the molecule is Cc1cc2c(Nc3ccccc3)nc(N3CCCC3)nc2[nH]1. The van der Waals surface area contributed by atoms with Gasteiger partial charge in [0, 0.05) is 24.5 Å². The van der Waals surface area contributed by atoms with E-state index in [0.717, 1.165) is 47.3 Å². The number of H-pyrrole nitrogens is 1. The molecule has 1 aliphatic heterocycles. The van der Waals surface area contributed by atoms with E-state index < -0.39 is 0 Å². The van der Waals surface area contributed by atoms with Crippen LogP contribution in [0.1, 0.15) is 18.5 Å². The lowest BCUT2D eigenvalue weighted by molar-refractivity contribution is 0.907. The summed E-state index contributed by atoms with van der Waals surface area (Å²) in [5.41, 5.74) is 3.03. The van der Waals surface area contributed by atoms with Crippen LogP contribution in [0.3, 0.4) is 0 Å². The molecule has 0 amide bonds. The Morgan fingerprint density at radius 3 is 2.64 bits per heavy atom. The summed E-state index contributed by atoms with van der Waals surface area (Å²) in [6.45, 7) is 4.12. The Labute approximate surface area is 129 Å². The number of para-hydroxylation sites is 1. The minimum atomic E-state index is 0.810. The summed E-state index contributed by atoms with van der Waals surface area (Å²) in [6, 6.07) is 12.2. The highest BCUT2D eigenvalue weighted by Gasteiger charge is 2.18. The fraction of sp³-hybridized carbons (Fsp3) is 0.294. The predicted molar refractivity (Wildman–Crippen MR) is 89.8 cm³/mol. The van der Waals surface area contributed by atoms with Gasteiger partial charge in [-0.25, -0.2) is 0 Å². The zero-order chi connectivity index (χ0) is 14.9. The first-order chi connectivity index (χ1) is 10.8. The van der Waals surface area contributed by atoms with E-state index in [0.29, 0.717) is 0 Å². The molecule has 1 aliphatic rings. The van der Waals surface area contributed by atoms with Crippen LogP contribution in [0.25, 0.3) is 11.0 Å². The Morgan fingerprint density at radius 2 is 1.86 bits per heavy atom.